The number of ether oxygens (including phenoxy) is 1. The Morgan fingerprint density at radius 2 is 1.66 bits per heavy atom. The highest BCUT2D eigenvalue weighted by atomic mass is 32.2. The number of hydrogen-bond donors (Lipinski definition) is 1. The van der Waals surface area contributed by atoms with Gasteiger partial charge in [0.25, 0.3) is 0 Å². The number of hydrogen-bond acceptors (Lipinski definition) is 4. The highest BCUT2D eigenvalue weighted by Crippen LogP contribution is 2.22. The van der Waals surface area contributed by atoms with Crippen molar-refractivity contribution in [2.24, 2.45) is 0 Å². The van der Waals surface area contributed by atoms with Gasteiger partial charge in [-0.3, -0.25) is 4.79 Å². The number of sulfonamides is 1. The molecule has 0 spiro atoms. The van der Waals surface area contributed by atoms with E-state index in [-0.39, 0.29) is 5.91 Å². The molecular weight excluding hydrogens is 424 g/mol. The van der Waals surface area contributed by atoms with Crippen molar-refractivity contribution < 1.29 is 17.9 Å². The van der Waals surface area contributed by atoms with E-state index in [0.717, 1.165) is 29.5 Å². The van der Waals surface area contributed by atoms with Crippen molar-refractivity contribution in [3.8, 4) is 5.75 Å². The van der Waals surface area contributed by atoms with E-state index in [1.54, 1.807) is 24.3 Å². The van der Waals surface area contributed by atoms with Crippen molar-refractivity contribution in [1.29, 1.82) is 0 Å². The number of carbonyl (C=O) groups is 1. The summed E-state index contributed by atoms with van der Waals surface area (Å²) < 4.78 is 32.4. The first kappa shape index (κ1) is 22.3. The first-order chi connectivity index (χ1) is 15.5. The van der Waals surface area contributed by atoms with E-state index in [1.165, 1.54) is 9.69 Å². The van der Waals surface area contributed by atoms with Gasteiger partial charge in [-0.1, -0.05) is 42.5 Å². The minimum Gasteiger partial charge on any atom is -0.494 e. The average Bonchev–Trinajstić information content (AvgIpc) is 3.37. The van der Waals surface area contributed by atoms with Crippen LogP contribution in [0.5, 0.6) is 5.75 Å². The molecule has 4 rings (SSSR count). The zero-order valence-corrected chi connectivity index (χ0v) is 18.8. The summed E-state index contributed by atoms with van der Waals surface area (Å²) in [5.74, 6) is 0.744. The normalized spacial score (nSPS) is 14.5. The maximum absolute atomic E-state index is 12.6. The third-order valence-electron chi connectivity index (χ3n) is 5.65. The van der Waals surface area contributed by atoms with Gasteiger partial charge in [0.15, 0.2) is 0 Å². The Bertz CT molecular complexity index is 1170. The van der Waals surface area contributed by atoms with Gasteiger partial charge in [0.05, 0.1) is 11.5 Å². The van der Waals surface area contributed by atoms with Crippen LogP contribution >= 0.6 is 0 Å². The van der Waals surface area contributed by atoms with Crippen LogP contribution in [-0.4, -0.2) is 38.3 Å². The van der Waals surface area contributed by atoms with Gasteiger partial charge in [0.1, 0.15) is 5.75 Å². The molecule has 0 aliphatic carbocycles. The predicted molar refractivity (Wildman–Crippen MR) is 125 cm³/mol. The molecule has 3 aromatic rings. The fourth-order valence-corrected chi connectivity index (χ4v) is 5.34. The van der Waals surface area contributed by atoms with E-state index in [0.29, 0.717) is 44.0 Å². The van der Waals surface area contributed by atoms with Crippen LogP contribution in [0.2, 0.25) is 0 Å². The number of nitrogens with zero attached hydrogens (tertiary/aromatic N) is 1. The van der Waals surface area contributed by atoms with Crippen LogP contribution in [0.1, 0.15) is 31.2 Å². The maximum atomic E-state index is 12.6. The molecule has 6 nitrogen and oxygen atoms in total. The lowest BCUT2D eigenvalue weighted by Gasteiger charge is -2.15. The zero-order chi connectivity index (χ0) is 22.4. The SMILES string of the molecule is O=C(CCCOc1ccc2ccccc2c1)NCc1ccc(S(=O)(=O)N2CCCC2)cc1. The average molecular weight is 453 g/mol. The summed E-state index contributed by atoms with van der Waals surface area (Å²) in [4.78, 5) is 12.4. The molecule has 0 unspecified atom stereocenters. The molecule has 0 bridgehead atoms. The molecule has 1 aliphatic rings. The Kier molecular flexibility index (Phi) is 7.07. The van der Waals surface area contributed by atoms with E-state index in [9.17, 15) is 13.2 Å². The summed E-state index contributed by atoms with van der Waals surface area (Å²) in [6.07, 6.45) is 2.81. The van der Waals surface area contributed by atoms with E-state index in [2.05, 4.69) is 11.4 Å². The summed E-state index contributed by atoms with van der Waals surface area (Å²) in [5.41, 5.74) is 0.867. The topological polar surface area (TPSA) is 75.7 Å². The molecule has 1 saturated heterocycles. The molecule has 1 fully saturated rings. The number of rotatable bonds is 9. The van der Waals surface area contributed by atoms with Crippen molar-refractivity contribution in [3.05, 3.63) is 72.3 Å². The van der Waals surface area contributed by atoms with E-state index in [1.807, 2.05) is 36.4 Å². The zero-order valence-electron chi connectivity index (χ0n) is 18.0. The Morgan fingerprint density at radius 1 is 0.938 bits per heavy atom. The smallest absolute Gasteiger partial charge is 0.243 e. The van der Waals surface area contributed by atoms with Gasteiger partial charge >= 0.3 is 0 Å². The summed E-state index contributed by atoms with van der Waals surface area (Å²) in [7, 11) is -3.40. The second-order valence-electron chi connectivity index (χ2n) is 7.99. The van der Waals surface area contributed by atoms with Crippen LogP contribution < -0.4 is 10.1 Å². The highest BCUT2D eigenvalue weighted by molar-refractivity contribution is 7.89. The molecule has 7 heteroatoms. The fraction of sp³-hybridized carbons (Fsp3) is 0.320. The molecule has 1 amide bonds. The lowest BCUT2D eigenvalue weighted by atomic mass is 10.1. The molecule has 0 radical (unpaired) electrons. The highest BCUT2D eigenvalue weighted by Gasteiger charge is 2.26. The van der Waals surface area contributed by atoms with E-state index < -0.39 is 10.0 Å². The van der Waals surface area contributed by atoms with Crippen molar-refractivity contribution in [2.75, 3.05) is 19.7 Å². The number of benzene rings is 3. The predicted octanol–water partition coefficient (Wildman–Crippen LogP) is 4.10. The van der Waals surface area contributed by atoms with Gasteiger partial charge in [-0.25, -0.2) is 8.42 Å². The third-order valence-corrected chi connectivity index (χ3v) is 7.57. The molecule has 1 heterocycles. The first-order valence-corrected chi connectivity index (χ1v) is 12.4. The summed E-state index contributed by atoms with van der Waals surface area (Å²) in [6, 6.07) is 20.8. The summed E-state index contributed by atoms with van der Waals surface area (Å²) >= 11 is 0. The number of amides is 1. The third kappa shape index (κ3) is 5.47. The Balaban J connectivity index is 1.19. The van der Waals surface area contributed by atoms with Gasteiger partial charge in [0.2, 0.25) is 15.9 Å². The summed E-state index contributed by atoms with van der Waals surface area (Å²) in [5, 5.41) is 5.18. The number of carbonyl (C=O) groups excluding carboxylic acids is 1. The molecule has 1 N–H and O–H groups in total. The molecule has 0 aromatic heterocycles. The monoisotopic (exact) mass is 452 g/mol. The minimum absolute atomic E-state index is 0.0547. The van der Waals surface area contributed by atoms with Gasteiger partial charge in [-0.2, -0.15) is 4.31 Å². The minimum atomic E-state index is -3.40. The lowest BCUT2D eigenvalue weighted by molar-refractivity contribution is -0.121. The van der Waals surface area contributed by atoms with E-state index in [4.69, 9.17) is 4.74 Å². The lowest BCUT2D eigenvalue weighted by Crippen LogP contribution is -2.28. The quantitative estimate of drug-likeness (QED) is 0.496. The molecule has 168 valence electrons. The van der Waals surface area contributed by atoms with Gasteiger partial charge < -0.3 is 10.1 Å². The Hall–Kier alpha value is -2.90. The standard InChI is InChI=1S/C25H28N2O4S/c28-25(8-5-17-31-23-12-11-21-6-1-2-7-22(21)18-23)26-19-20-9-13-24(14-10-20)32(29,30)27-15-3-4-16-27/h1-2,6-7,9-14,18H,3-5,8,15-17,19H2,(H,26,28). The fourth-order valence-electron chi connectivity index (χ4n) is 3.83. The second kappa shape index (κ2) is 10.1. The maximum Gasteiger partial charge on any atom is 0.243 e. The van der Waals surface area contributed by atoms with Crippen LogP contribution in [0.25, 0.3) is 10.8 Å². The van der Waals surface area contributed by atoms with Gasteiger partial charge in [-0.15, -0.1) is 0 Å². The molecule has 0 saturated carbocycles. The van der Waals surface area contributed by atoms with Crippen LogP contribution in [0.15, 0.2) is 71.6 Å². The number of fused-ring (bicyclic) bond motifs is 1. The Labute approximate surface area is 189 Å². The largest absolute Gasteiger partial charge is 0.494 e. The van der Waals surface area contributed by atoms with Crippen molar-refractivity contribution in [1.82, 2.24) is 9.62 Å². The van der Waals surface area contributed by atoms with E-state index >= 15 is 0 Å². The van der Waals surface area contributed by atoms with Crippen molar-refractivity contribution >= 4 is 26.7 Å². The van der Waals surface area contributed by atoms with Crippen molar-refractivity contribution in [3.63, 3.8) is 0 Å². The summed E-state index contributed by atoms with van der Waals surface area (Å²) in [6.45, 7) is 2.01. The van der Waals surface area contributed by atoms with Crippen LogP contribution in [0, 0.1) is 0 Å². The molecule has 0 atom stereocenters. The van der Waals surface area contributed by atoms with Crippen LogP contribution in [0.4, 0.5) is 0 Å². The Morgan fingerprint density at radius 3 is 2.41 bits per heavy atom. The molecular formula is C25H28N2O4S. The molecule has 32 heavy (non-hydrogen) atoms. The van der Waals surface area contributed by atoms with Crippen LogP contribution in [-0.2, 0) is 21.4 Å². The second-order valence-corrected chi connectivity index (χ2v) is 9.93. The molecule has 1 aliphatic heterocycles. The number of nitrogens with one attached hydrogen (secondary N) is 1. The van der Waals surface area contributed by atoms with Crippen molar-refractivity contribution in [2.45, 2.75) is 37.1 Å². The van der Waals surface area contributed by atoms with Gasteiger partial charge in [-0.05, 0) is 59.9 Å². The molecule has 3 aromatic carbocycles. The van der Waals surface area contributed by atoms with Gasteiger partial charge in [0, 0.05) is 26.1 Å². The van der Waals surface area contributed by atoms with Crippen LogP contribution in [0.3, 0.4) is 0 Å². The first-order valence-electron chi connectivity index (χ1n) is 11.0.